The molecule has 0 radical (unpaired) electrons. The molecular formula is C11H12ClFN2O4S. The minimum Gasteiger partial charge on any atom is -0.506 e. The lowest BCUT2D eigenvalue weighted by Gasteiger charge is -2.18. The number of aromatic hydroxyl groups is 1. The van der Waals surface area contributed by atoms with Crippen LogP contribution in [0.3, 0.4) is 0 Å². The van der Waals surface area contributed by atoms with E-state index >= 15 is 0 Å². The van der Waals surface area contributed by atoms with Crippen LogP contribution in [0, 0.1) is 11.7 Å². The molecule has 1 aliphatic heterocycles. The van der Waals surface area contributed by atoms with E-state index in [9.17, 15) is 22.7 Å². The number of phenols is 1. The summed E-state index contributed by atoms with van der Waals surface area (Å²) in [5.74, 6) is -2.41. The Morgan fingerprint density at radius 1 is 1.50 bits per heavy atom. The summed E-state index contributed by atoms with van der Waals surface area (Å²) in [6, 6.07) is 1.93. The molecule has 0 bridgehead atoms. The molecule has 1 aliphatic rings. The van der Waals surface area contributed by atoms with Gasteiger partial charge in [0.15, 0.2) is 0 Å². The monoisotopic (exact) mass is 322 g/mol. The van der Waals surface area contributed by atoms with Crippen molar-refractivity contribution >= 4 is 33.2 Å². The summed E-state index contributed by atoms with van der Waals surface area (Å²) in [4.78, 5) is 12.9. The molecule has 1 heterocycles. The van der Waals surface area contributed by atoms with E-state index < -0.39 is 27.7 Å². The number of phenolic OH excluding ortho intramolecular Hbond substituents is 1. The Kier molecular flexibility index (Phi) is 3.90. The fourth-order valence-corrected chi connectivity index (χ4v) is 3.22. The van der Waals surface area contributed by atoms with Crippen molar-refractivity contribution in [1.29, 1.82) is 0 Å². The van der Waals surface area contributed by atoms with Gasteiger partial charge in [0.05, 0.1) is 16.5 Å². The second-order valence-electron chi connectivity index (χ2n) is 4.66. The molecule has 0 aromatic heterocycles. The number of nitrogens with zero attached hydrogens (tertiary/aromatic N) is 1. The second-order valence-corrected chi connectivity index (χ2v) is 6.73. The van der Waals surface area contributed by atoms with E-state index in [4.69, 9.17) is 16.7 Å². The van der Waals surface area contributed by atoms with Gasteiger partial charge >= 0.3 is 0 Å². The van der Waals surface area contributed by atoms with E-state index in [0.29, 0.717) is 0 Å². The molecule has 1 aromatic carbocycles. The first-order valence-electron chi connectivity index (χ1n) is 5.66. The van der Waals surface area contributed by atoms with E-state index in [0.717, 1.165) is 17.0 Å². The van der Waals surface area contributed by atoms with Crippen LogP contribution >= 0.6 is 11.6 Å². The van der Waals surface area contributed by atoms with Crippen LogP contribution in [0.1, 0.15) is 6.42 Å². The van der Waals surface area contributed by atoms with Gasteiger partial charge in [0, 0.05) is 24.9 Å². The number of rotatable bonds is 3. The maximum absolute atomic E-state index is 13.8. The fraction of sp³-hybridized carbons (Fsp3) is 0.364. The van der Waals surface area contributed by atoms with Crippen LogP contribution in [0.2, 0.25) is 5.02 Å². The summed E-state index contributed by atoms with van der Waals surface area (Å²) in [6.07, 6.45) is -0.0424. The Hall–Kier alpha value is -1.38. The average Bonchev–Trinajstić information content (AvgIpc) is 2.62. The minimum atomic E-state index is -3.70. The van der Waals surface area contributed by atoms with Crippen molar-refractivity contribution in [2.75, 3.05) is 17.2 Å². The summed E-state index contributed by atoms with van der Waals surface area (Å²) in [7, 11) is -3.70. The molecule has 6 nitrogen and oxygen atoms in total. The first kappa shape index (κ1) is 15.0. The van der Waals surface area contributed by atoms with Crippen LogP contribution in [0.25, 0.3) is 0 Å². The van der Waals surface area contributed by atoms with Crippen molar-refractivity contribution in [1.82, 2.24) is 0 Å². The number of benzene rings is 1. The minimum absolute atomic E-state index is 0.0211. The van der Waals surface area contributed by atoms with Crippen LogP contribution in [0.15, 0.2) is 12.1 Å². The number of carbonyl (C=O) groups excluding carboxylic acids is 1. The van der Waals surface area contributed by atoms with Gasteiger partial charge < -0.3 is 10.0 Å². The van der Waals surface area contributed by atoms with Gasteiger partial charge in [-0.2, -0.15) is 0 Å². The number of nitrogens with two attached hydrogens (primary N) is 1. The van der Waals surface area contributed by atoms with Crippen molar-refractivity contribution in [3.8, 4) is 5.75 Å². The predicted molar refractivity (Wildman–Crippen MR) is 71.5 cm³/mol. The predicted octanol–water partition coefficient (Wildman–Crippen LogP) is 0.826. The molecule has 1 aromatic rings. The zero-order valence-corrected chi connectivity index (χ0v) is 11.8. The Morgan fingerprint density at radius 2 is 2.15 bits per heavy atom. The normalized spacial score (nSPS) is 19.6. The molecule has 0 aliphatic carbocycles. The Labute approximate surface area is 120 Å². The maximum atomic E-state index is 13.8. The molecule has 0 spiro atoms. The average molecular weight is 323 g/mol. The molecule has 1 unspecified atom stereocenters. The number of anilines is 1. The number of carbonyl (C=O) groups is 1. The summed E-state index contributed by atoms with van der Waals surface area (Å²) >= 11 is 5.56. The van der Waals surface area contributed by atoms with Crippen molar-refractivity contribution < 1.29 is 22.7 Å². The lowest BCUT2D eigenvalue weighted by molar-refractivity contribution is -0.117. The SMILES string of the molecule is NS(=O)(=O)CC1CC(=O)N(c2cc(O)c(Cl)cc2F)C1. The van der Waals surface area contributed by atoms with Gasteiger partial charge in [0.2, 0.25) is 15.9 Å². The van der Waals surface area contributed by atoms with E-state index in [1.165, 1.54) is 0 Å². The Balaban J connectivity index is 2.26. The molecule has 1 fully saturated rings. The van der Waals surface area contributed by atoms with Gasteiger partial charge in [0.25, 0.3) is 0 Å². The van der Waals surface area contributed by atoms with E-state index in [-0.39, 0.29) is 35.2 Å². The maximum Gasteiger partial charge on any atom is 0.227 e. The smallest absolute Gasteiger partial charge is 0.227 e. The zero-order valence-electron chi connectivity index (χ0n) is 10.2. The highest BCUT2D eigenvalue weighted by Crippen LogP contribution is 2.34. The number of hydrogen-bond acceptors (Lipinski definition) is 4. The highest BCUT2D eigenvalue weighted by Gasteiger charge is 2.34. The van der Waals surface area contributed by atoms with Crippen LogP contribution in [0.5, 0.6) is 5.75 Å². The van der Waals surface area contributed by atoms with E-state index in [1.54, 1.807) is 0 Å². The van der Waals surface area contributed by atoms with Gasteiger partial charge in [-0.25, -0.2) is 17.9 Å². The third kappa shape index (κ3) is 3.20. The zero-order chi connectivity index (χ0) is 15.1. The van der Waals surface area contributed by atoms with Crippen molar-refractivity contribution in [3.05, 3.63) is 23.0 Å². The molecule has 1 atom stereocenters. The van der Waals surface area contributed by atoms with Crippen molar-refractivity contribution in [2.24, 2.45) is 11.1 Å². The van der Waals surface area contributed by atoms with Gasteiger partial charge in [0.1, 0.15) is 11.6 Å². The second kappa shape index (κ2) is 5.19. The number of hydrogen-bond donors (Lipinski definition) is 2. The van der Waals surface area contributed by atoms with Crippen LogP contribution in [-0.2, 0) is 14.8 Å². The van der Waals surface area contributed by atoms with Crippen molar-refractivity contribution in [2.45, 2.75) is 6.42 Å². The number of amides is 1. The molecule has 0 saturated carbocycles. The van der Waals surface area contributed by atoms with E-state index in [1.807, 2.05) is 0 Å². The Bertz CT molecular complexity index is 665. The summed E-state index contributed by atoms with van der Waals surface area (Å²) in [5, 5.41) is 14.2. The van der Waals surface area contributed by atoms with Gasteiger partial charge in [-0.15, -0.1) is 0 Å². The molecule has 1 saturated heterocycles. The van der Waals surface area contributed by atoms with Gasteiger partial charge in [-0.3, -0.25) is 4.79 Å². The fourth-order valence-electron chi connectivity index (χ4n) is 2.19. The highest BCUT2D eigenvalue weighted by atomic mass is 35.5. The third-order valence-corrected chi connectivity index (χ3v) is 4.22. The highest BCUT2D eigenvalue weighted by molar-refractivity contribution is 7.89. The molecule has 9 heteroatoms. The molecule has 3 N–H and O–H groups in total. The number of halogens is 2. The van der Waals surface area contributed by atoms with Gasteiger partial charge in [-0.1, -0.05) is 11.6 Å². The molecule has 1 amide bonds. The largest absolute Gasteiger partial charge is 0.506 e. The number of sulfonamides is 1. The first-order valence-corrected chi connectivity index (χ1v) is 7.75. The summed E-state index contributed by atoms with van der Waals surface area (Å²) < 4.78 is 35.8. The molecular weight excluding hydrogens is 311 g/mol. The van der Waals surface area contributed by atoms with Gasteiger partial charge in [-0.05, 0) is 6.07 Å². The van der Waals surface area contributed by atoms with Crippen LogP contribution < -0.4 is 10.0 Å². The lowest BCUT2D eigenvalue weighted by atomic mass is 10.1. The molecule has 2 rings (SSSR count). The molecule has 110 valence electrons. The quantitative estimate of drug-likeness (QED) is 0.860. The number of primary sulfonamides is 1. The summed E-state index contributed by atoms with van der Waals surface area (Å²) in [6.45, 7) is 0.0211. The summed E-state index contributed by atoms with van der Waals surface area (Å²) in [5.41, 5.74) is -0.131. The van der Waals surface area contributed by atoms with Crippen LogP contribution in [-0.4, -0.2) is 31.7 Å². The lowest BCUT2D eigenvalue weighted by Crippen LogP contribution is -2.28. The third-order valence-electron chi connectivity index (χ3n) is 2.98. The Morgan fingerprint density at radius 3 is 2.75 bits per heavy atom. The van der Waals surface area contributed by atoms with Crippen LogP contribution in [0.4, 0.5) is 10.1 Å². The standard InChI is InChI=1S/C11H12ClFN2O4S/c12-7-2-8(13)9(3-10(7)16)15-4-6(1-11(15)17)5-20(14,18)19/h2-3,6,16H,1,4-5H2,(H2,14,18,19). The van der Waals surface area contributed by atoms with E-state index in [2.05, 4.69) is 0 Å². The topological polar surface area (TPSA) is 101 Å². The molecule has 20 heavy (non-hydrogen) atoms. The van der Waals surface area contributed by atoms with Crippen molar-refractivity contribution in [3.63, 3.8) is 0 Å². The first-order chi connectivity index (χ1) is 9.17.